The largest absolute Gasteiger partial charge is 0.481 e. The van der Waals surface area contributed by atoms with Crippen LogP contribution in [0, 0.1) is 22.7 Å². The standard InChI is InChI=1S/2C9H18O2/c1-6-9(4,5)8(10)11-7(2)3;1-6(2)7(3)9(4,5)8(10)11/h7H,6H2,1-5H3;6-7H,1-5H3,(H,10,11). The highest BCUT2D eigenvalue weighted by atomic mass is 16.5. The van der Waals surface area contributed by atoms with E-state index >= 15 is 0 Å². The molecule has 0 heterocycles. The minimum absolute atomic E-state index is 0.00618. The molecule has 132 valence electrons. The van der Waals surface area contributed by atoms with Gasteiger partial charge in [-0.1, -0.05) is 27.7 Å². The maximum atomic E-state index is 11.3. The third-order valence-corrected chi connectivity index (χ3v) is 4.47. The van der Waals surface area contributed by atoms with Crippen molar-refractivity contribution in [2.45, 2.75) is 81.8 Å². The number of rotatable bonds is 6. The van der Waals surface area contributed by atoms with Crippen LogP contribution in [0.5, 0.6) is 0 Å². The van der Waals surface area contributed by atoms with Gasteiger partial charge in [0.1, 0.15) is 0 Å². The van der Waals surface area contributed by atoms with E-state index < -0.39 is 11.4 Å². The molecule has 0 aliphatic heterocycles. The molecular weight excluding hydrogens is 280 g/mol. The molecule has 0 amide bonds. The minimum atomic E-state index is -0.710. The van der Waals surface area contributed by atoms with Crippen molar-refractivity contribution in [2.75, 3.05) is 0 Å². The Morgan fingerprint density at radius 2 is 1.41 bits per heavy atom. The molecule has 1 atom stereocenters. The van der Waals surface area contributed by atoms with Gasteiger partial charge in [0.05, 0.1) is 16.9 Å². The molecule has 22 heavy (non-hydrogen) atoms. The van der Waals surface area contributed by atoms with Crippen LogP contribution in [0.25, 0.3) is 0 Å². The fraction of sp³-hybridized carbons (Fsp3) is 0.889. The number of hydrogen-bond donors (Lipinski definition) is 1. The Labute approximate surface area is 136 Å². The van der Waals surface area contributed by atoms with Crippen molar-refractivity contribution in [3.05, 3.63) is 0 Å². The molecule has 0 radical (unpaired) electrons. The highest BCUT2D eigenvalue weighted by Gasteiger charge is 2.35. The molecule has 0 aliphatic carbocycles. The summed E-state index contributed by atoms with van der Waals surface area (Å²) in [6.07, 6.45) is 0.812. The molecule has 0 fully saturated rings. The predicted octanol–water partition coefficient (Wildman–Crippen LogP) is 4.76. The molecule has 1 unspecified atom stereocenters. The van der Waals surface area contributed by atoms with Crippen LogP contribution in [0.4, 0.5) is 0 Å². The molecule has 0 spiro atoms. The van der Waals surface area contributed by atoms with Gasteiger partial charge in [-0.2, -0.15) is 0 Å². The first kappa shape index (κ1) is 23.2. The van der Waals surface area contributed by atoms with E-state index in [-0.39, 0.29) is 23.4 Å². The molecule has 1 N–H and O–H groups in total. The third kappa shape index (κ3) is 7.81. The van der Waals surface area contributed by atoms with Crippen molar-refractivity contribution in [1.29, 1.82) is 0 Å². The average molecular weight is 316 g/mol. The number of carbonyl (C=O) groups excluding carboxylic acids is 1. The summed E-state index contributed by atoms with van der Waals surface area (Å²) in [6, 6.07) is 0. The van der Waals surface area contributed by atoms with E-state index in [1.807, 2.05) is 41.5 Å². The minimum Gasteiger partial charge on any atom is -0.481 e. The van der Waals surface area contributed by atoms with E-state index in [0.717, 1.165) is 6.42 Å². The second kappa shape index (κ2) is 9.16. The van der Waals surface area contributed by atoms with E-state index in [1.165, 1.54) is 0 Å². The Hall–Kier alpha value is -1.06. The molecule has 0 aliphatic rings. The van der Waals surface area contributed by atoms with Gasteiger partial charge in [0, 0.05) is 0 Å². The predicted molar refractivity (Wildman–Crippen MR) is 90.7 cm³/mol. The SMILES string of the molecule is CC(C)C(C)C(C)(C)C(=O)O.CCC(C)(C)C(=O)OC(C)C. The molecule has 0 aromatic carbocycles. The number of esters is 1. The normalized spacial score (nSPS) is 13.5. The van der Waals surface area contributed by atoms with Crippen molar-refractivity contribution in [3.8, 4) is 0 Å². The van der Waals surface area contributed by atoms with E-state index in [1.54, 1.807) is 13.8 Å². The van der Waals surface area contributed by atoms with Crippen LogP contribution in [0.15, 0.2) is 0 Å². The van der Waals surface area contributed by atoms with Gasteiger partial charge in [0.2, 0.25) is 0 Å². The Morgan fingerprint density at radius 1 is 1.00 bits per heavy atom. The summed E-state index contributed by atoms with van der Waals surface area (Å²) in [5, 5.41) is 8.86. The zero-order chi connectivity index (χ0) is 18.3. The second-order valence-corrected chi connectivity index (χ2v) is 7.75. The molecule has 4 nitrogen and oxygen atoms in total. The van der Waals surface area contributed by atoms with Gasteiger partial charge in [0.15, 0.2) is 0 Å². The van der Waals surface area contributed by atoms with Crippen LogP contribution < -0.4 is 0 Å². The smallest absolute Gasteiger partial charge is 0.311 e. The van der Waals surface area contributed by atoms with Gasteiger partial charge in [-0.3, -0.25) is 9.59 Å². The van der Waals surface area contributed by atoms with Gasteiger partial charge >= 0.3 is 11.9 Å². The molecule has 0 rings (SSSR count). The number of aliphatic carboxylic acids is 1. The number of hydrogen-bond acceptors (Lipinski definition) is 3. The first-order valence-corrected chi connectivity index (χ1v) is 8.14. The van der Waals surface area contributed by atoms with Crippen LogP contribution >= 0.6 is 0 Å². The van der Waals surface area contributed by atoms with Crippen LogP contribution in [0.2, 0.25) is 0 Å². The summed E-state index contributed by atoms with van der Waals surface area (Å²) in [4.78, 5) is 22.1. The van der Waals surface area contributed by atoms with E-state index in [9.17, 15) is 9.59 Å². The maximum Gasteiger partial charge on any atom is 0.311 e. The van der Waals surface area contributed by atoms with Crippen molar-refractivity contribution >= 4 is 11.9 Å². The number of carboxylic acid groups (broad SMARTS) is 1. The Morgan fingerprint density at radius 3 is 1.59 bits per heavy atom. The van der Waals surface area contributed by atoms with Crippen LogP contribution in [0.3, 0.4) is 0 Å². The lowest BCUT2D eigenvalue weighted by Gasteiger charge is -2.30. The van der Waals surface area contributed by atoms with Gasteiger partial charge < -0.3 is 9.84 Å². The lowest BCUT2D eigenvalue weighted by molar-refractivity contribution is -0.158. The van der Waals surface area contributed by atoms with E-state index in [2.05, 4.69) is 13.8 Å². The molecule has 0 saturated heterocycles. The van der Waals surface area contributed by atoms with Gasteiger partial charge in [-0.25, -0.2) is 0 Å². The molecule has 4 heteroatoms. The Kier molecular flexibility index (Phi) is 9.67. The fourth-order valence-electron chi connectivity index (χ4n) is 1.55. The van der Waals surface area contributed by atoms with E-state index in [4.69, 9.17) is 9.84 Å². The van der Waals surface area contributed by atoms with Crippen LogP contribution in [-0.2, 0) is 14.3 Å². The molecule has 0 bridgehead atoms. The van der Waals surface area contributed by atoms with Crippen LogP contribution in [-0.4, -0.2) is 23.1 Å². The maximum absolute atomic E-state index is 11.3. The summed E-state index contributed by atoms with van der Waals surface area (Å²) in [6.45, 7) is 19.2. The first-order chi connectivity index (χ1) is 9.70. The van der Waals surface area contributed by atoms with Gasteiger partial charge in [-0.15, -0.1) is 0 Å². The highest BCUT2D eigenvalue weighted by Crippen LogP contribution is 2.32. The van der Waals surface area contributed by atoms with Crippen molar-refractivity contribution in [3.63, 3.8) is 0 Å². The van der Waals surface area contributed by atoms with Crippen LogP contribution in [0.1, 0.15) is 75.7 Å². The Bertz CT molecular complexity index is 354. The molecular formula is C18H36O4. The molecule has 0 aromatic heterocycles. The topological polar surface area (TPSA) is 63.6 Å². The quantitative estimate of drug-likeness (QED) is 0.717. The fourth-order valence-corrected chi connectivity index (χ4v) is 1.55. The monoisotopic (exact) mass is 316 g/mol. The summed E-state index contributed by atoms with van der Waals surface area (Å²) in [5.74, 6) is -0.185. The third-order valence-electron chi connectivity index (χ3n) is 4.47. The number of carbonyl (C=O) groups is 2. The molecule has 0 saturated carbocycles. The highest BCUT2D eigenvalue weighted by molar-refractivity contribution is 5.75. The summed E-state index contributed by atoms with van der Waals surface area (Å²) < 4.78 is 5.07. The zero-order valence-electron chi connectivity index (χ0n) is 16.1. The summed E-state index contributed by atoms with van der Waals surface area (Å²) >= 11 is 0. The van der Waals surface area contributed by atoms with Gasteiger partial charge in [-0.05, 0) is 59.8 Å². The second-order valence-electron chi connectivity index (χ2n) is 7.75. The number of ether oxygens (including phenoxy) is 1. The molecule has 0 aromatic rings. The van der Waals surface area contributed by atoms with Gasteiger partial charge in [0.25, 0.3) is 0 Å². The average Bonchev–Trinajstić information content (AvgIpc) is 2.37. The summed E-state index contributed by atoms with van der Waals surface area (Å²) in [7, 11) is 0. The number of carboxylic acids is 1. The Balaban J connectivity index is 0. The zero-order valence-corrected chi connectivity index (χ0v) is 16.1. The first-order valence-electron chi connectivity index (χ1n) is 8.14. The van der Waals surface area contributed by atoms with Crippen molar-refractivity contribution in [2.24, 2.45) is 22.7 Å². The van der Waals surface area contributed by atoms with Crippen molar-refractivity contribution in [1.82, 2.24) is 0 Å². The lowest BCUT2D eigenvalue weighted by atomic mass is 9.74. The lowest BCUT2D eigenvalue weighted by Crippen LogP contribution is -2.33. The summed E-state index contributed by atoms with van der Waals surface area (Å²) in [5.41, 5.74) is -0.932. The van der Waals surface area contributed by atoms with Crippen molar-refractivity contribution < 1.29 is 19.4 Å². The van der Waals surface area contributed by atoms with E-state index in [0.29, 0.717) is 5.92 Å².